The Bertz CT molecular complexity index is 264. The summed E-state index contributed by atoms with van der Waals surface area (Å²) in [5, 5.41) is 0. The maximum Gasteiger partial charge on any atom is 0.0656 e. The predicted molar refractivity (Wildman–Crippen MR) is 79.0 cm³/mol. The maximum absolute atomic E-state index is 6.09. The van der Waals surface area contributed by atoms with Gasteiger partial charge in [0.15, 0.2) is 0 Å². The quantitative estimate of drug-likeness (QED) is 0.733. The third-order valence-electron chi connectivity index (χ3n) is 5.40. The van der Waals surface area contributed by atoms with Gasteiger partial charge in [-0.3, -0.25) is 4.90 Å². The van der Waals surface area contributed by atoms with Gasteiger partial charge in [-0.05, 0) is 45.6 Å². The Hall–Kier alpha value is -0.0800. The first-order valence-corrected chi connectivity index (χ1v) is 7.63. The van der Waals surface area contributed by atoms with Crippen LogP contribution in [-0.2, 0) is 4.74 Å². The van der Waals surface area contributed by atoms with Gasteiger partial charge >= 0.3 is 0 Å². The minimum atomic E-state index is 0.146. The summed E-state index contributed by atoms with van der Waals surface area (Å²) in [5.74, 6) is 0. The highest BCUT2D eigenvalue weighted by Gasteiger charge is 2.49. The van der Waals surface area contributed by atoms with Gasteiger partial charge in [0.25, 0.3) is 0 Å². The summed E-state index contributed by atoms with van der Waals surface area (Å²) in [4.78, 5) is 2.56. The van der Waals surface area contributed by atoms with Gasteiger partial charge in [0.2, 0.25) is 0 Å². The first-order chi connectivity index (χ1) is 8.28. The number of hydrogen-bond acceptors (Lipinski definition) is 2. The zero-order chi connectivity index (χ0) is 14.0. The number of ether oxygens (including phenoxy) is 1. The highest BCUT2D eigenvalue weighted by molar-refractivity contribution is 5.02. The van der Waals surface area contributed by atoms with E-state index in [1.807, 2.05) is 0 Å². The number of rotatable bonds is 5. The highest BCUT2D eigenvalue weighted by atomic mass is 16.5. The minimum Gasteiger partial charge on any atom is -0.376 e. The maximum atomic E-state index is 6.09. The lowest BCUT2D eigenvalue weighted by Crippen LogP contribution is -2.63. The number of likely N-dealkylation sites (N-methyl/N-ethyl adjacent to an activating group) is 1. The molecule has 108 valence electrons. The summed E-state index contributed by atoms with van der Waals surface area (Å²) >= 11 is 0. The molecule has 0 aromatic heterocycles. The van der Waals surface area contributed by atoms with Crippen molar-refractivity contribution in [3.05, 3.63) is 0 Å². The molecule has 0 bridgehead atoms. The second-order valence-electron chi connectivity index (χ2n) is 6.95. The molecule has 3 unspecified atom stereocenters. The van der Waals surface area contributed by atoms with Gasteiger partial charge in [-0.15, -0.1) is 0 Å². The van der Waals surface area contributed by atoms with E-state index >= 15 is 0 Å². The van der Waals surface area contributed by atoms with Crippen molar-refractivity contribution in [2.45, 2.75) is 84.9 Å². The van der Waals surface area contributed by atoms with Gasteiger partial charge in [-0.2, -0.15) is 0 Å². The third kappa shape index (κ3) is 2.91. The van der Waals surface area contributed by atoms with E-state index < -0.39 is 0 Å². The van der Waals surface area contributed by atoms with Gasteiger partial charge in [-0.1, -0.05) is 34.1 Å². The van der Waals surface area contributed by atoms with E-state index in [0.29, 0.717) is 17.6 Å². The fourth-order valence-electron chi connectivity index (χ4n) is 3.26. The SMILES string of the molecule is CCCC(C)N(C)C1(C)COC(CC)CC1(C)C. The molecule has 1 heterocycles. The summed E-state index contributed by atoms with van der Waals surface area (Å²) in [6.45, 7) is 14.9. The average Bonchev–Trinajstić information content (AvgIpc) is 2.31. The molecule has 0 aliphatic carbocycles. The number of hydrogen-bond donors (Lipinski definition) is 0. The van der Waals surface area contributed by atoms with Gasteiger partial charge in [0.05, 0.1) is 12.7 Å². The van der Waals surface area contributed by atoms with Crippen molar-refractivity contribution < 1.29 is 4.74 Å². The van der Waals surface area contributed by atoms with Crippen LogP contribution in [0.5, 0.6) is 0 Å². The van der Waals surface area contributed by atoms with Crippen LogP contribution in [0.4, 0.5) is 0 Å². The van der Waals surface area contributed by atoms with Gasteiger partial charge < -0.3 is 4.74 Å². The van der Waals surface area contributed by atoms with E-state index in [4.69, 9.17) is 4.74 Å². The largest absolute Gasteiger partial charge is 0.376 e. The van der Waals surface area contributed by atoms with Gasteiger partial charge in [0.1, 0.15) is 0 Å². The molecule has 1 saturated heterocycles. The van der Waals surface area contributed by atoms with E-state index in [1.165, 1.54) is 19.3 Å². The van der Waals surface area contributed by atoms with Crippen molar-refractivity contribution >= 4 is 0 Å². The molecular formula is C16H33NO. The molecule has 1 aliphatic rings. The van der Waals surface area contributed by atoms with Crippen LogP contribution in [0, 0.1) is 5.41 Å². The smallest absolute Gasteiger partial charge is 0.0656 e. The monoisotopic (exact) mass is 255 g/mol. The Labute approximate surface area is 114 Å². The molecule has 0 radical (unpaired) electrons. The standard InChI is InChI=1S/C16H33NO/c1-8-10-13(3)17(7)16(6)12-18-14(9-2)11-15(16,4)5/h13-14H,8-12H2,1-7H3. The molecule has 0 N–H and O–H groups in total. The van der Waals surface area contributed by atoms with Crippen LogP contribution in [0.1, 0.15) is 67.2 Å². The fraction of sp³-hybridized carbons (Fsp3) is 1.00. The Morgan fingerprint density at radius 3 is 2.33 bits per heavy atom. The summed E-state index contributed by atoms with van der Waals surface area (Å²) in [7, 11) is 2.28. The molecule has 0 aromatic carbocycles. The van der Waals surface area contributed by atoms with E-state index in [2.05, 4.69) is 53.5 Å². The Kier molecular flexibility index (Phi) is 5.25. The predicted octanol–water partition coefficient (Wildman–Crippen LogP) is 4.09. The molecule has 0 saturated carbocycles. The summed E-state index contributed by atoms with van der Waals surface area (Å²) < 4.78 is 6.09. The van der Waals surface area contributed by atoms with Crippen LogP contribution < -0.4 is 0 Å². The Morgan fingerprint density at radius 2 is 1.89 bits per heavy atom. The normalized spacial score (nSPS) is 33.7. The molecule has 1 rings (SSSR count). The van der Waals surface area contributed by atoms with Crippen molar-refractivity contribution in [3.8, 4) is 0 Å². The zero-order valence-electron chi connectivity index (χ0n) is 13.5. The van der Waals surface area contributed by atoms with Crippen molar-refractivity contribution in [2.24, 2.45) is 5.41 Å². The Morgan fingerprint density at radius 1 is 1.28 bits per heavy atom. The fourth-order valence-corrected chi connectivity index (χ4v) is 3.26. The van der Waals surface area contributed by atoms with Crippen molar-refractivity contribution in [1.29, 1.82) is 0 Å². The molecule has 0 spiro atoms. The van der Waals surface area contributed by atoms with Crippen LogP contribution in [0.2, 0.25) is 0 Å². The number of nitrogens with zero attached hydrogens (tertiary/aromatic N) is 1. The molecule has 3 atom stereocenters. The summed E-state index contributed by atoms with van der Waals surface area (Å²) in [5.41, 5.74) is 0.454. The average molecular weight is 255 g/mol. The van der Waals surface area contributed by atoms with Crippen LogP contribution in [0.3, 0.4) is 0 Å². The van der Waals surface area contributed by atoms with Crippen molar-refractivity contribution in [2.75, 3.05) is 13.7 Å². The van der Waals surface area contributed by atoms with Crippen LogP contribution in [0.25, 0.3) is 0 Å². The second kappa shape index (κ2) is 5.92. The van der Waals surface area contributed by atoms with Crippen molar-refractivity contribution in [3.63, 3.8) is 0 Å². The van der Waals surface area contributed by atoms with Crippen LogP contribution in [0.15, 0.2) is 0 Å². The molecule has 0 amide bonds. The molecule has 2 nitrogen and oxygen atoms in total. The first kappa shape index (κ1) is 16.0. The lowest BCUT2D eigenvalue weighted by molar-refractivity contribution is -0.152. The topological polar surface area (TPSA) is 12.5 Å². The molecule has 1 fully saturated rings. The second-order valence-corrected chi connectivity index (χ2v) is 6.95. The van der Waals surface area contributed by atoms with Gasteiger partial charge in [0, 0.05) is 11.6 Å². The van der Waals surface area contributed by atoms with Gasteiger partial charge in [-0.25, -0.2) is 0 Å². The van der Waals surface area contributed by atoms with E-state index in [1.54, 1.807) is 0 Å². The molecule has 0 aromatic rings. The third-order valence-corrected chi connectivity index (χ3v) is 5.40. The molecule has 1 aliphatic heterocycles. The van der Waals surface area contributed by atoms with Crippen LogP contribution in [-0.4, -0.2) is 36.2 Å². The zero-order valence-corrected chi connectivity index (χ0v) is 13.5. The van der Waals surface area contributed by atoms with E-state index in [-0.39, 0.29) is 5.54 Å². The lowest BCUT2D eigenvalue weighted by atomic mass is 9.67. The van der Waals surface area contributed by atoms with E-state index in [0.717, 1.165) is 13.0 Å². The minimum absolute atomic E-state index is 0.146. The molecule has 18 heavy (non-hydrogen) atoms. The lowest BCUT2D eigenvalue weighted by Gasteiger charge is -2.56. The van der Waals surface area contributed by atoms with E-state index in [9.17, 15) is 0 Å². The summed E-state index contributed by atoms with van der Waals surface area (Å²) in [6.07, 6.45) is 5.26. The molecule has 2 heteroatoms. The highest BCUT2D eigenvalue weighted by Crippen LogP contribution is 2.45. The van der Waals surface area contributed by atoms with Crippen molar-refractivity contribution in [1.82, 2.24) is 4.90 Å². The molecular weight excluding hydrogens is 222 g/mol. The van der Waals surface area contributed by atoms with Crippen LogP contribution >= 0.6 is 0 Å². The summed E-state index contributed by atoms with van der Waals surface area (Å²) in [6, 6.07) is 0.626. The Balaban J connectivity index is 2.84. The first-order valence-electron chi connectivity index (χ1n) is 7.63.